The van der Waals surface area contributed by atoms with Crippen LogP contribution in [0.5, 0.6) is 11.5 Å². The van der Waals surface area contributed by atoms with E-state index in [-0.39, 0.29) is 24.0 Å². The van der Waals surface area contributed by atoms with E-state index in [2.05, 4.69) is 11.0 Å². The van der Waals surface area contributed by atoms with Crippen molar-refractivity contribution in [3.63, 3.8) is 0 Å². The molecule has 2 aromatic carbocycles. The molecule has 3 heterocycles. The van der Waals surface area contributed by atoms with Crippen LogP contribution >= 0.6 is 0 Å². The summed E-state index contributed by atoms with van der Waals surface area (Å²) in [5.74, 6) is 2.35. The van der Waals surface area contributed by atoms with Gasteiger partial charge in [-0.25, -0.2) is 9.78 Å². The zero-order valence-electron chi connectivity index (χ0n) is 28.4. The summed E-state index contributed by atoms with van der Waals surface area (Å²) in [5.41, 5.74) is 4.69. The molecule has 0 radical (unpaired) electrons. The lowest BCUT2D eigenvalue weighted by Gasteiger charge is -2.32. The Morgan fingerprint density at radius 3 is 2.57 bits per heavy atom. The number of carbonyl (C=O) groups excluding carboxylic acids is 2. The first-order valence-corrected chi connectivity index (χ1v) is 16.2. The number of amides is 1. The molecule has 250 valence electrons. The zero-order chi connectivity index (χ0) is 33.5. The van der Waals surface area contributed by atoms with Crippen molar-refractivity contribution in [1.29, 1.82) is 0 Å². The molecule has 1 saturated heterocycles. The van der Waals surface area contributed by atoms with Crippen molar-refractivity contribution in [2.45, 2.75) is 65.3 Å². The van der Waals surface area contributed by atoms with Crippen molar-refractivity contribution in [3.8, 4) is 22.8 Å². The number of hydrogen-bond acceptors (Lipinski definition) is 9. The number of pyridine rings is 1. The predicted octanol–water partition coefficient (Wildman–Crippen LogP) is 5.95. The number of benzene rings is 2. The van der Waals surface area contributed by atoms with Gasteiger partial charge >= 0.3 is 12.1 Å². The van der Waals surface area contributed by atoms with Crippen molar-refractivity contribution in [3.05, 3.63) is 70.8 Å². The maximum absolute atomic E-state index is 12.8. The van der Waals surface area contributed by atoms with Gasteiger partial charge in [0.05, 0.1) is 44.5 Å². The molecule has 3 atom stereocenters. The first-order valence-electron chi connectivity index (χ1n) is 16.2. The third-order valence-corrected chi connectivity index (χ3v) is 9.56. The highest BCUT2D eigenvalue weighted by Crippen LogP contribution is 2.62. The second kappa shape index (κ2) is 12.7. The standard InChI is InChI=1S/C37H45N3O7/c1-23-10-8-11-27(29-12-9-13-32(38-29)40-19-26-18-37(26,34(41)45-7)31(40)22-43-5)33(23)46-21-24-16-25-14-15-39(35(42)47-36(2,3)4)20-28(25)30(17-24)44-6/h8-13,16-17,26,31H,14-15,18-22H2,1-7H3/t26-,31+,37+/m0/s1. The lowest BCUT2D eigenvalue weighted by atomic mass is 9.96. The van der Waals surface area contributed by atoms with Gasteiger partial charge in [0.25, 0.3) is 0 Å². The lowest BCUT2D eigenvalue weighted by Crippen LogP contribution is -2.44. The minimum atomic E-state index is -0.553. The number of rotatable bonds is 9. The molecular formula is C37H45N3O7. The summed E-state index contributed by atoms with van der Waals surface area (Å²) >= 11 is 0. The number of aryl methyl sites for hydroxylation is 1. The number of fused-ring (bicyclic) bond motifs is 2. The number of ether oxygens (including phenoxy) is 5. The van der Waals surface area contributed by atoms with Crippen molar-refractivity contribution < 1.29 is 33.3 Å². The molecule has 3 aliphatic rings. The van der Waals surface area contributed by atoms with Gasteiger partial charge in [0.15, 0.2) is 0 Å². The molecule has 0 spiro atoms. The van der Waals surface area contributed by atoms with Crippen LogP contribution in [0.1, 0.15) is 49.4 Å². The van der Waals surface area contributed by atoms with E-state index in [1.807, 2.05) is 70.2 Å². The second-order valence-corrected chi connectivity index (χ2v) is 13.8. The van der Waals surface area contributed by atoms with Crippen LogP contribution < -0.4 is 14.4 Å². The number of para-hydroxylation sites is 1. The summed E-state index contributed by atoms with van der Waals surface area (Å²) < 4.78 is 28.7. The number of hydrogen-bond donors (Lipinski definition) is 0. The molecule has 1 aliphatic carbocycles. The highest BCUT2D eigenvalue weighted by molar-refractivity contribution is 5.84. The SMILES string of the molecule is COC[C@H]1N(c2cccc(-c3cccc(C)c3OCc3cc4c(c(OC)c3)CN(C(=O)OC(C)(C)C)CC4)n2)C[C@@H]2C[C@@]21C(=O)OC. The fourth-order valence-electron chi connectivity index (χ4n) is 7.23. The van der Waals surface area contributed by atoms with Crippen LogP contribution in [-0.2, 0) is 38.6 Å². The number of nitrogens with zero attached hydrogens (tertiary/aromatic N) is 3. The van der Waals surface area contributed by atoms with Gasteiger partial charge in [-0.15, -0.1) is 0 Å². The molecule has 2 aliphatic heterocycles. The van der Waals surface area contributed by atoms with E-state index < -0.39 is 11.0 Å². The van der Waals surface area contributed by atoms with Gasteiger partial charge in [0.1, 0.15) is 29.5 Å². The zero-order valence-corrected chi connectivity index (χ0v) is 28.4. The highest BCUT2D eigenvalue weighted by atomic mass is 16.6. The maximum Gasteiger partial charge on any atom is 0.410 e. The third-order valence-electron chi connectivity index (χ3n) is 9.56. The van der Waals surface area contributed by atoms with Crippen LogP contribution in [0.25, 0.3) is 11.3 Å². The number of esters is 1. The van der Waals surface area contributed by atoms with Crippen molar-refractivity contribution >= 4 is 17.9 Å². The number of methoxy groups -OCH3 is 3. The third kappa shape index (κ3) is 6.23. The Kier molecular flexibility index (Phi) is 8.82. The summed E-state index contributed by atoms with van der Waals surface area (Å²) in [6.07, 6.45) is 1.19. The second-order valence-electron chi connectivity index (χ2n) is 13.8. The first kappa shape index (κ1) is 32.6. The molecule has 0 unspecified atom stereocenters. The van der Waals surface area contributed by atoms with Gasteiger partial charge in [-0.1, -0.05) is 24.3 Å². The fourth-order valence-corrected chi connectivity index (χ4v) is 7.23. The monoisotopic (exact) mass is 643 g/mol. The smallest absolute Gasteiger partial charge is 0.410 e. The maximum atomic E-state index is 12.8. The average molecular weight is 644 g/mol. The number of piperidine rings is 1. The molecule has 2 fully saturated rings. The molecule has 0 N–H and O–H groups in total. The molecule has 47 heavy (non-hydrogen) atoms. The van der Waals surface area contributed by atoms with Crippen LogP contribution in [0.2, 0.25) is 0 Å². The van der Waals surface area contributed by atoms with Gasteiger partial charge in [-0.2, -0.15) is 0 Å². The molecule has 10 heteroatoms. The Labute approximate surface area is 276 Å². The molecule has 1 amide bonds. The molecule has 1 saturated carbocycles. The minimum Gasteiger partial charge on any atom is -0.496 e. The summed E-state index contributed by atoms with van der Waals surface area (Å²) in [4.78, 5) is 34.6. The van der Waals surface area contributed by atoms with E-state index in [0.717, 1.165) is 63.8 Å². The molecular weight excluding hydrogens is 598 g/mol. The number of carbonyl (C=O) groups is 2. The Hall–Kier alpha value is -4.31. The summed E-state index contributed by atoms with van der Waals surface area (Å²) in [5, 5.41) is 0. The molecule has 1 aromatic heterocycles. The van der Waals surface area contributed by atoms with Crippen molar-refractivity contribution in [2.75, 3.05) is 45.9 Å². The molecule has 6 rings (SSSR count). The summed E-state index contributed by atoms with van der Waals surface area (Å²) in [7, 11) is 4.77. The quantitative estimate of drug-likeness (QED) is 0.262. The van der Waals surface area contributed by atoms with E-state index in [1.165, 1.54) is 7.11 Å². The normalized spacial score (nSPS) is 21.5. The van der Waals surface area contributed by atoms with Gasteiger partial charge in [0, 0.05) is 31.3 Å². The fraction of sp³-hybridized carbons (Fsp3) is 0.486. The van der Waals surface area contributed by atoms with Crippen molar-refractivity contribution in [2.24, 2.45) is 11.3 Å². The number of aromatic nitrogens is 1. The topological polar surface area (TPSA) is 99.7 Å². The Bertz CT molecular complexity index is 1650. The Balaban J connectivity index is 1.23. The first-order chi connectivity index (χ1) is 22.5. The van der Waals surface area contributed by atoms with E-state index in [9.17, 15) is 9.59 Å². The van der Waals surface area contributed by atoms with E-state index in [0.29, 0.717) is 32.7 Å². The lowest BCUT2D eigenvalue weighted by molar-refractivity contribution is -0.148. The van der Waals surface area contributed by atoms with Gasteiger partial charge < -0.3 is 33.5 Å². The van der Waals surface area contributed by atoms with Crippen LogP contribution in [0, 0.1) is 18.3 Å². The van der Waals surface area contributed by atoms with Crippen LogP contribution in [0.4, 0.5) is 10.6 Å². The van der Waals surface area contributed by atoms with E-state index in [4.69, 9.17) is 28.7 Å². The largest absolute Gasteiger partial charge is 0.496 e. The number of anilines is 1. The van der Waals surface area contributed by atoms with E-state index in [1.54, 1.807) is 19.1 Å². The molecule has 10 nitrogen and oxygen atoms in total. The van der Waals surface area contributed by atoms with Gasteiger partial charge in [-0.05, 0) is 87.4 Å². The minimum absolute atomic E-state index is 0.142. The van der Waals surface area contributed by atoms with Crippen LogP contribution in [0.3, 0.4) is 0 Å². The Morgan fingerprint density at radius 2 is 1.85 bits per heavy atom. The van der Waals surface area contributed by atoms with Crippen LogP contribution in [-0.4, -0.2) is 74.6 Å². The summed E-state index contributed by atoms with van der Waals surface area (Å²) in [6, 6.07) is 16.0. The van der Waals surface area contributed by atoms with E-state index >= 15 is 0 Å². The van der Waals surface area contributed by atoms with Gasteiger partial charge in [-0.3, -0.25) is 4.79 Å². The molecule has 0 bridgehead atoms. The summed E-state index contributed by atoms with van der Waals surface area (Å²) in [6.45, 7) is 10.1. The average Bonchev–Trinajstić information content (AvgIpc) is 3.70. The van der Waals surface area contributed by atoms with Crippen LogP contribution in [0.15, 0.2) is 48.5 Å². The highest BCUT2D eigenvalue weighted by Gasteiger charge is 2.71. The molecule has 3 aromatic rings. The van der Waals surface area contributed by atoms with Gasteiger partial charge in [0.2, 0.25) is 0 Å². The van der Waals surface area contributed by atoms with Crippen molar-refractivity contribution in [1.82, 2.24) is 9.88 Å². The Morgan fingerprint density at radius 1 is 1.06 bits per heavy atom. The predicted molar refractivity (Wildman–Crippen MR) is 178 cm³/mol.